The molecule has 1 N–H and O–H groups in total. The van der Waals surface area contributed by atoms with E-state index in [1.54, 1.807) is 9.80 Å². The molecular formula is C31H40N4O4. The molecular weight excluding hydrogens is 492 g/mol. The van der Waals surface area contributed by atoms with Crippen LogP contribution in [0.5, 0.6) is 0 Å². The third-order valence-electron chi connectivity index (χ3n) is 7.18. The van der Waals surface area contributed by atoms with Crippen LogP contribution in [-0.4, -0.2) is 72.6 Å². The second kappa shape index (κ2) is 14.0. The van der Waals surface area contributed by atoms with Crippen LogP contribution in [0.15, 0.2) is 65.1 Å². The summed E-state index contributed by atoms with van der Waals surface area (Å²) < 4.78 is 11.2. The molecule has 0 aliphatic carbocycles. The Morgan fingerprint density at radius 2 is 1.67 bits per heavy atom. The van der Waals surface area contributed by atoms with Crippen molar-refractivity contribution in [2.45, 2.75) is 40.3 Å². The number of furan rings is 1. The van der Waals surface area contributed by atoms with Gasteiger partial charge in [0.25, 0.3) is 0 Å². The summed E-state index contributed by atoms with van der Waals surface area (Å²) in [6.45, 7) is 11.2. The molecule has 3 aromatic rings. The lowest BCUT2D eigenvalue weighted by Crippen LogP contribution is -2.45. The van der Waals surface area contributed by atoms with Gasteiger partial charge in [0.2, 0.25) is 5.91 Å². The number of hydrogen-bond donors (Lipinski definition) is 1. The van der Waals surface area contributed by atoms with E-state index in [0.29, 0.717) is 19.6 Å². The minimum atomic E-state index is -0.271. The summed E-state index contributed by atoms with van der Waals surface area (Å²) >= 11 is 0. The highest BCUT2D eigenvalue weighted by molar-refractivity contribution is 5.93. The predicted molar refractivity (Wildman–Crippen MR) is 153 cm³/mol. The van der Waals surface area contributed by atoms with Gasteiger partial charge in [0.1, 0.15) is 18.1 Å². The molecule has 8 nitrogen and oxygen atoms in total. The second-order valence-corrected chi connectivity index (χ2v) is 10.2. The number of nitrogens with one attached hydrogen (secondary N) is 1. The van der Waals surface area contributed by atoms with E-state index in [2.05, 4.69) is 10.2 Å². The van der Waals surface area contributed by atoms with Gasteiger partial charge in [-0.3, -0.25) is 9.69 Å². The van der Waals surface area contributed by atoms with Crippen LogP contribution in [0, 0.1) is 20.8 Å². The summed E-state index contributed by atoms with van der Waals surface area (Å²) in [6, 6.07) is 19.3. The fraction of sp³-hybridized carbons (Fsp3) is 0.419. The fourth-order valence-corrected chi connectivity index (χ4v) is 4.70. The van der Waals surface area contributed by atoms with Gasteiger partial charge >= 0.3 is 6.03 Å². The zero-order valence-corrected chi connectivity index (χ0v) is 23.3. The Balaban J connectivity index is 1.49. The summed E-state index contributed by atoms with van der Waals surface area (Å²) in [5.74, 6) is 1.39. The van der Waals surface area contributed by atoms with Crippen molar-refractivity contribution in [1.29, 1.82) is 0 Å². The van der Waals surface area contributed by atoms with Crippen molar-refractivity contribution >= 4 is 17.6 Å². The number of anilines is 1. The van der Waals surface area contributed by atoms with Gasteiger partial charge < -0.3 is 24.3 Å². The molecule has 0 unspecified atom stereocenters. The van der Waals surface area contributed by atoms with Gasteiger partial charge in [0.05, 0.1) is 19.8 Å². The fourth-order valence-electron chi connectivity index (χ4n) is 4.70. The molecule has 0 radical (unpaired) electrons. The number of carbonyl (C=O) groups excluding carboxylic acids is 2. The molecule has 0 saturated carbocycles. The molecule has 0 spiro atoms. The first kappa shape index (κ1) is 28.4. The van der Waals surface area contributed by atoms with E-state index in [1.807, 2.05) is 81.4 Å². The summed E-state index contributed by atoms with van der Waals surface area (Å²) in [4.78, 5) is 33.0. The number of urea groups is 1. The standard InChI is InChI=1S/C31H40N4O4/c1-24-9-7-12-29(26(24)3)32-31(37)34(16-8-15-33-17-19-38-20-18-33)23-30(36)35(21-27-10-5-4-6-11-27)22-28-14-13-25(2)39-28/h4-7,9-14H,8,15-23H2,1-3H3,(H,32,37). The van der Waals surface area contributed by atoms with Gasteiger partial charge in [0.15, 0.2) is 0 Å². The number of amides is 3. The average Bonchev–Trinajstić information content (AvgIpc) is 3.35. The number of rotatable bonds is 11. The molecule has 1 aliphatic rings. The van der Waals surface area contributed by atoms with Crippen molar-refractivity contribution in [3.8, 4) is 0 Å². The van der Waals surface area contributed by atoms with Crippen LogP contribution in [-0.2, 0) is 22.6 Å². The molecule has 4 rings (SSSR count). The molecule has 3 amide bonds. The Morgan fingerprint density at radius 3 is 2.38 bits per heavy atom. The highest BCUT2D eigenvalue weighted by Crippen LogP contribution is 2.19. The van der Waals surface area contributed by atoms with Crippen LogP contribution in [0.2, 0.25) is 0 Å². The SMILES string of the molecule is Cc1ccc(CN(Cc2ccccc2)C(=O)CN(CCCN2CCOCC2)C(=O)Nc2cccc(C)c2C)o1. The third-order valence-corrected chi connectivity index (χ3v) is 7.18. The average molecular weight is 533 g/mol. The van der Waals surface area contributed by atoms with Crippen molar-refractivity contribution in [2.24, 2.45) is 0 Å². The number of nitrogens with zero attached hydrogens (tertiary/aromatic N) is 3. The number of morpholine rings is 1. The lowest BCUT2D eigenvalue weighted by Gasteiger charge is -2.30. The summed E-state index contributed by atoms with van der Waals surface area (Å²) in [5, 5.41) is 3.05. The van der Waals surface area contributed by atoms with E-state index in [9.17, 15) is 9.59 Å². The molecule has 0 bridgehead atoms. The predicted octanol–water partition coefficient (Wildman–Crippen LogP) is 4.99. The maximum Gasteiger partial charge on any atom is 0.322 e. The first-order valence-corrected chi connectivity index (χ1v) is 13.7. The molecule has 1 fully saturated rings. The van der Waals surface area contributed by atoms with Crippen LogP contribution < -0.4 is 5.32 Å². The minimum Gasteiger partial charge on any atom is -0.464 e. The summed E-state index contributed by atoms with van der Waals surface area (Å²) in [6.07, 6.45) is 0.767. The maximum absolute atomic E-state index is 13.7. The van der Waals surface area contributed by atoms with Crippen molar-refractivity contribution in [1.82, 2.24) is 14.7 Å². The summed E-state index contributed by atoms with van der Waals surface area (Å²) in [7, 11) is 0. The first-order valence-electron chi connectivity index (χ1n) is 13.7. The van der Waals surface area contributed by atoms with Crippen LogP contribution in [0.25, 0.3) is 0 Å². The van der Waals surface area contributed by atoms with Crippen molar-refractivity contribution in [3.63, 3.8) is 0 Å². The zero-order chi connectivity index (χ0) is 27.6. The highest BCUT2D eigenvalue weighted by atomic mass is 16.5. The van der Waals surface area contributed by atoms with Gasteiger partial charge in [-0.15, -0.1) is 0 Å². The molecule has 1 aromatic heterocycles. The van der Waals surface area contributed by atoms with E-state index in [0.717, 1.165) is 73.2 Å². The van der Waals surface area contributed by atoms with Gasteiger partial charge in [-0.25, -0.2) is 4.79 Å². The number of carbonyl (C=O) groups is 2. The van der Waals surface area contributed by atoms with E-state index < -0.39 is 0 Å². The normalized spacial score (nSPS) is 13.7. The van der Waals surface area contributed by atoms with Gasteiger partial charge in [-0.05, 0) is 62.1 Å². The molecule has 2 aromatic carbocycles. The minimum absolute atomic E-state index is 0.0215. The third kappa shape index (κ3) is 8.43. The quantitative estimate of drug-likeness (QED) is 0.377. The van der Waals surface area contributed by atoms with E-state index in [-0.39, 0.29) is 18.5 Å². The molecule has 1 saturated heterocycles. The Morgan fingerprint density at radius 1 is 0.897 bits per heavy atom. The van der Waals surface area contributed by atoms with Gasteiger partial charge in [-0.2, -0.15) is 0 Å². The van der Waals surface area contributed by atoms with Crippen LogP contribution in [0.3, 0.4) is 0 Å². The lowest BCUT2D eigenvalue weighted by atomic mass is 10.1. The number of aryl methyl sites for hydroxylation is 2. The number of ether oxygens (including phenoxy) is 1. The summed E-state index contributed by atoms with van der Waals surface area (Å²) in [5.41, 5.74) is 3.90. The molecule has 208 valence electrons. The Bertz CT molecular complexity index is 1220. The van der Waals surface area contributed by atoms with Crippen LogP contribution >= 0.6 is 0 Å². The van der Waals surface area contributed by atoms with E-state index in [4.69, 9.17) is 9.15 Å². The second-order valence-electron chi connectivity index (χ2n) is 10.2. The van der Waals surface area contributed by atoms with Gasteiger partial charge in [0, 0.05) is 38.4 Å². The highest BCUT2D eigenvalue weighted by Gasteiger charge is 2.23. The monoisotopic (exact) mass is 532 g/mol. The lowest BCUT2D eigenvalue weighted by molar-refractivity contribution is -0.133. The molecule has 8 heteroatoms. The smallest absolute Gasteiger partial charge is 0.322 e. The number of benzene rings is 2. The largest absolute Gasteiger partial charge is 0.464 e. The van der Waals surface area contributed by atoms with E-state index in [1.165, 1.54) is 0 Å². The topological polar surface area (TPSA) is 78.3 Å². The maximum atomic E-state index is 13.7. The van der Waals surface area contributed by atoms with Crippen molar-refractivity contribution < 1.29 is 18.7 Å². The van der Waals surface area contributed by atoms with Crippen LogP contribution in [0.1, 0.15) is 34.6 Å². The Labute approximate surface area is 231 Å². The van der Waals surface area contributed by atoms with E-state index >= 15 is 0 Å². The zero-order valence-electron chi connectivity index (χ0n) is 23.3. The molecule has 39 heavy (non-hydrogen) atoms. The number of hydrogen-bond acceptors (Lipinski definition) is 5. The Hall–Kier alpha value is -3.62. The molecule has 2 heterocycles. The molecule has 1 aliphatic heterocycles. The Kier molecular flexibility index (Phi) is 10.2. The molecule has 0 atom stereocenters. The first-order chi connectivity index (χ1) is 18.9. The van der Waals surface area contributed by atoms with Gasteiger partial charge in [-0.1, -0.05) is 42.5 Å². The van der Waals surface area contributed by atoms with Crippen LogP contribution in [0.4, 0.5) is 10.5 Å². The van der Waals surface area contributed by atoms with Crippen molar-refractivity contribution in [2.75, 3.05) is 51.3 Å². The van der Waals surface area contributed by atoms with Crippen molar-refractivity contribution in [3.05, 3.63) is 88.9 Å².